The number of phenolic OH excluding ortho intramolecular Hbond substituents is 2. The molecular formula is C34H37N5O7. The van der Waals surface area contributed by atoms with E-state index in [1.165, 1.54) is 24.3 Å². The topological polar surface area (TPSA) is 193 Å². The molecule has 0 aliphatic carbocycles. The van der Waals surface area contributed by atoms with Gasteiger partial charge in [-0.2, -0.15) is 0 Å². The van der Waals surface area contributed by atoms with Crippen LogP contribution >= 0.6 is 0 Å². The monoisotopic (exact) mass is 627 g/mol. The van der Waals surface area contributed by atoms with Crippen molar-refractivity contribution in [2.24, 2.45) is 0 Å². The van der Waals surface area contributed by atoms with Crippen molar-refractivity contribution in [3.05, 3.63) is 95.7 Å². The van der Waals surface area contributed by atoms with Crippen LogP contribution in [0.2, 0.25) is 0 Å². The summed E-state index contributed by atoms with van der Waals surface area (Å²) in [6.45, 7) is 0.689. The summed E-state index contributed by atoms with van der Waals surface area (Å²) in [6.07, 6.45) is 3.27. The van der Waals surface area contributed by atoms with E-state index < -0.39 is 42.0 Å². The molecule has 0 spiro atoms. The second-order valence-electron chi connectivity index (χ2n) is 11.5. The Morgan fingerprint density at radius 3 is 1.89 bits per heavy atom. The number of amides is 3. The zero-order valence-electron chi connectivity index (χ0n) is 25.0. The lowest BCUT2D eigenvalue weighted by molar-refractivity contribution is -0.142. The second-order valence-corrected chi connectivity index (χ2v) is 11.5. The quantitative estimate of drug-likeness (QED) is 0.110. The molecule has 4 unspecified atom stereocenters. The number of aliphatic carboxylic acids is 1. The molecular weight excluding hydrogens is 590 g/mol. The van der Waals surface area contributed by atoms with Gasteiger partial charge in [0.25, 0.3) is 0 Å². The molecule has 1 aromatic heterocycles. The van der Waals surface area contributed by atoms with Crippen molar-refractivity contribution in [3.63, 3.8) is 0 Å². The number of para-hydroxylation sites is 1. The number of aromatic amines is 1. The molecule has 4 atom stereocenters. The molecule has 1 saturated heterocycles. The van der Waals surface area contributed by atoms with E-state index in [-0.39, 0.29) is 36.7 Å². The van der Waals surface area contributed by atoms with Gasteiger partial charge in [0.05, 0.1) is 6.04 Å². The van der Waals surface area contributed by atoms with Crippen molar-refractivity contribution in [1.29, 1.82) is 0 Å². The van der Waals surface area contributed by atoms with Crippen LogP contribution in [0.25, 0.3) is 10.9 Å². The van der Waals surface area contributed by atoms with E-state index in [1.54, 1.807) is 30.5 Å². The molecule has 0 saturated carbocycles. The van der Waals surface area contributed by atoms with Crippen LogP contribution in [0, 0.1) is 0 Å². The number of fused-ring (bicyclic) bond motifs is 1. The van der Waals surface area contributed by atoms with Crippen LogP contribution in [-0.4, -0.2) is 74.7 Å². The number of aromatic nitrogens is 1. The Morgan fingerprint density at radius 1 is 0.739 bits per heavy atom. The number of H-pyrrole nitrogens is 1. The summed E-state index contributed by atoms with van der Waals surface area (Å²) >= 11 is 0. The van der Waals surface area contributed by atoms with E-state index in [0.29, 0.717) is 24.1 Å². The fourth-order valence-corrected chi connectivity index (χ4v) is 5.60. The Kier molecular flexibility index (Phi) is 10.2. The third-order valence-corrected chi connectivity index (χ3v) is 8.11. The highest BCUT2D eigenvalue weighted by molar-refractivity contribution is 5.95. The highest BCUT2D eigenvalue weighted by atomic mass is 16.4. The summed E-state index contributed by atoms with van der Waals surface area (Å²) < 4.78 is 0. The average Bonchev–Trinajstić information content (AvgIpc) is 3.73. The zero-order chi connectivity index (χ0) is 32.6. The van der Waals surface area contributed by atoms with Crippen molar-refractivity contribution in [2.45, 2.75) is 56.3 Å². The lowest BCUT2D eigenvalue weighted by atomic mass is 10.0. The largest absolute Gasteiger partial charge is 0.508 e. The fraction of sp³-hybridized carbons (Fsp3) is 0.294. The molecule has 240 valence electrons. The van der Waals surface area contributed by atoms with Gasteiger partial charge in [0.1, 0.15) is 29.6 Å². The smallest absolute Gasteiger partial charge is 0.326 e. The summed E-state index contributed by atoms with van der Waals surface area (Å²) in [5.74, 6) is -2.85. The van der Waals surface area contributed by atoms with Crippen molar-refractivity contribution in [1.82, 2.24) is 26.3 Å². The van der Waals surface area contributed by atoms with Crippen molar-refractivity contribution < 1.29 is 34.5 Å². The summed E-state index contributed by atoms with van der Waals surface area (Å²) in [6, 6.07) is 15.7. The first-order valence-electron chi connectivity index (χ1n) is 15.1. The van der Waals surface area contributed by atoms with Gasteiger partial charge < -0.3 is 41.6 Å². The van der Waals surface area contributed by atoms with E-state index in [9.17, 15) is 34.5 Å². The SMILES string of the molecule is O=C(O)C(Cc1ccc(O)cc1)NC(=O)C(Cc1c[nH]c2ccccc12)NC(=O)C(Cc1ccc(O)cc1)NC(=O)C1CCCN1. The molecule has 3 amide bonds. The van der Waals surface area contributed by atoms with E-state index in [2.05, 4.69) is 26.3 Å². The van der Waals surface area contributed by atoms with E-state index in [1.807, 2.05) is 24.3 Å². The minimum Gasteiger partial charge on any atom is -0.508 e. The van der Waals surface area contributed by atoms with Crippen molar-refractivity contribution >= 4 is 34.6 Å². The number of nitrogens with one attached hydrogen (secondary N) is 5. The Balaban J connectivity index is 1.40. The van der Waals surface area contributed by atoms with E-state index in [4.69, 9.17) is 0 Å². The number of benzene rings is 3. The maximum Gasteiger partial charge on any atom is 0.326 e. The normalized spacial score (nSPS) is 16.3. The lowest BCUT2D eigenvalue weighted by Crippen LogP contribution is -2.58. The summed E-state index contributed by atoms with van der Waals surface area (Å²) in [5.41, 5.74) is 2.83. The molecule has 12 heteroatoms. The zero-order valence-corrected chi connectivity index (χ0v) is 25.0. The molecule has 4 aromatic rings. The Labute approximate surface area is 265 Å². The van der Waals surface area contributed by atoms with Crippen LogP contribution < -0.4 is 21.3 Å². The van der Waals surface area contributed by atoms with Gasteiger partial charge in [-0.15, -0.1) is 0 Å². The van der Waals surface area contributed by atoms with Gasteiger partial charge in [0.2, 0.25) is 17.7 Å². The second kappa shape index (κ2) is 14.6. The summed E-state index contributed by atoms with van der Waals surface area (Å²) in [5, 5.41) is 41.4. The van der Waals surface area contributed by atoms with Crippen LogP contribution in [0.4, 0.5) is 0 Å². The molecule has 2 heterocycles. The highest BCUT2D eigenvalue weighted by Gasteiger charge is 2.32. The third kappa shape index (κ3) is 8.21. The molecule has 1 fully saturated rings. The van der Waals surface area contributed by atoms with E-state index in [0.717, 1.165) is 22.9 Å². The first-order valence-corrected chi connectivity index (χ1v) is 15.1. The minimum atomic E-state index is -1.32. The van der Waals surface area contributed by atoms with Crippen molar-refractivity contribution in [2.75, 3.05) is 6.54 Å². The van der Waals surface area contributed by atoms with Gasteiger partial charge in [0.15, 0.2) is 0 Å². The van der Waals surface area contributed by atoms with Crippen LogP contribution in [0.1, 0.15) is 29.5 Å². The lowest BCUT2D eigenvalue weighted by Gasteiger charge is -2.25. The highest BCUT2D eigenvalue weighted by Crippen LogP contribution is 2.20. The number of aromatic hydroxyl groups is 2. The molecule has 0 radical (unpaired) electrons. The number of carbonyl (C=O) groups excluding carboxylic acids is 3. The third-order valence-electron chi connectivity index (χ3n) is 8.11. The summed E-state index contributed by atoms with van der Waals surface area (Å²) in [7, 11) is 0. The van der Waals surface area contributed by atoms with Gasteiger partial charge in [0, 0.05) is 36.4 Å². The molecule has 46 heavy (non-hydrogen) atoms. The molecule has 0 bridgehead atoms. The molecule has 3 aromatic carbocycles. The Hall–Kier alpha value is -5.36. The standard InChI is InChI=1S/C34H37N5O7/c40-23-11-7-20(8-12-23)16-28(37-31(42)27-6-3-15-35-27)32(43)38-29(18-22-19-36-26-5-2-1-4-25(22)26)33(44)39-30(34(45)46)17-21-9-13-24(41)14-10-21/h1-2,4-5,7-14,19,27-30,35-36,40-41H,3,6,15-18H2,(H,37,42)(H,38,43)(H,39,44)(H,45,46). The first kappa shape index (κ1) is 32.0. The Bertz CT molecular complexity index is 1680. The van der Waals surface area contributed by atoms with Gasteiger partial charge in [-0.3, -0.25) is 14.4 Å². The minimum absolute atomic E-state index is 0.0267. The number of rotatable bonds is 13. The van der Waals surface area contributed by atoms with Crippen LogP contribution in [0.3, 0.4) is 0 Å². The number of carboxylic acid groups (broad SMARTS) is 1. The number of carboxylic acids is 1. The van der Waals surface area contributed by atoms with Gasteiger partial charge >= 0.3 is 5.97 Å². The molecule has 8 N–H and O–H groups in total. The van der Waals surface area contributed by atoms with Crippen LogP contribution in [-0.2, 0) is 38.4 Å². The van der Waals surface area contributed by atoms with E-state index >= 15 is 0 Å². The number of phenols is 2. The van der Waals surface area contributed by atoms with Crippen LogP contribution in [0.5, 0.6) is 11.5 Å². The van der Waals surface area contributed by atoms with Gasteiger partial charge in [-0.25, -0.2) is 4.79 Å². The predicted octanol–water partition coefficient (Wildman–Crippen LogP) is 1.90. The number of hydrogen-bond acceptors (Lipinski definition) is 7. The van der Waals surface area contributed by atoms with Crippen molar-refractivity contribution in [3.8, 4) is 11.5 Å². The molecule has 1 aliphatic rings. The summed E-state index contributed by atoms with van der Waals surface area (Å²) in [4.78, 5) is 56.1. The molecule has 1 aliphatic heterocycles. The number of carbonyl (C=O) groups is 4. The van der Waals surface area contributed by atoms with Crippen LogP contribution in [0.15, 0.2) is 79.0 Å². The maximum absolute atomic E-state index is 13.9. The van der Waals surface area contributed by atoms with Gasteiger partial charge in [-0.05, 0) is 66.4 Å². The fourth-order valence-electron chi connectivity index (χ4n) is 5.60. The average molecular weight is 628 g/mol. The Morgan fingerprint density at radius 2 is 1.30 bits per heavy atom. The van der Waals surface area contributed by atoms with Gasteiger partial charge in [-0.1, -0.05) is 42.5 Å². The number of hydrogen-bond donors (Lipinski definition) is 8. The molecule has 12 nitrogen and oxygen atoms in total. The maximum atomic E-state index is 13.9. The first-order chi connectivity index (χ1) is 22.2. The predicted molar refractivity (Wildman–Crippen MR) is 170 cm³/mol. The molecule has 5 rings (SSSR count).